The molecule has 40 valence electrons. The van der Waals surface area contributed by atoms with E-state index in [1.165, 1.54) is 5.57 Å². The third-order valence-corrected chi connectivity index (χ3v) is 1.33. The van der Waals surface area contributed by atoms with Crippen LogP contribution in [-0.4, -0.2) is 20.6 Å². The molecule has 0 amide bonds. The first-order chi connectivity index (χ1) is 3.80. The molecule has 2 radical (unpaired) electrons. The number of rotatable bonds is 0. The lowest BCUT2D eigenvalue weighted by Crippen LogP contribution is -2.02. The fourth-order valence-electron chi connectivity index (χ4n) is 0.612. The Morgan fingerprint density at radius 2 is 2.62 bits per heavy atom. The van der Waals surface area contributed by atoms with Crippen LogP contribution in [0.5, 0.6) is 0 Å². The molecule has 0 aromatic rings. The first kappa shape index (κ1) is 5.61. The summed E-state index contributed by atoms with van der Waals surface area (Å²) >= 11 is 0. The molecular weight excluding hydrogens is 96.9 g/mol. The van der Waals surface area contributed by atoms with Gasteiger partial charge in [-0.05, 0) is 18.8 Å². The summed E-state index contributed by atoms with van der Waals surface area (Å²) in [5.74, 6) is 0.167. The summed E-state index contributed by atoms with van der Waals surface area (Å²) in [4.78, 5) is 3.98. The van der Waals surface area contributed by atoms with E-state index in [1.807, 2.05) is 13.0 Å². The molecule has 0 aliphatic carbocycles. The minimum absolute atomic E-state index is 0.167. The molecule has 1 rings (SSSR count). The van der Waals surface area contributed by atoms with Crippen LogP contribution in [0.15, 0.2) is 16.6 Å². The van der Waals surface area contributed by atoms with Crippen LogP contribution in [0.1, 0.15) is 6.92 Å². The van der Waals surface area contributed by atoms with Crippen molar-refractivity contribution in [1.29, 1.82) is 0 Å². The Balaban J connectivity index is 2.66. The Hall–Kier alpha value is -0.525. The van der Waals surface area contributed by atoms with E-state index in [-0.39, 0.29) is 5.82 Å². The van der Waals surface area contributed by atoms with Crippen molar-refractivity contribution >= 4 is 14.1 Å². The maximum absolute atomic E-state index is 5.60. The van der Waals surface area contributed by atoms with Crippen molar-refractivity contribution in [2.24, 2.45) is 4.99 Å². The minimum atomic E-state index is 0.167. The number of aliphatic imine (C=N–C) groups is 1. The Labute approximate surface area is 50.9 Å². The zero-order valence-electron chi connectivity index (χ0n) is 4.96. The summed E-state index contributed by atoms with van der Waals surface area (Å²) in [7, 11) is 5.60. The number of hydrogen-bond donors (Lipinski definition) is 0. The van der Waals surface area contributed by atoms with E-state index >= 15 is 0 Å². The second kappa shape index (κ2) is 2.16. The molecule has 1 aliphatic rings. The number of allylic oxidation sites excluding steroid dienone is 1. The second-order valence-corrected chi connectivity index (χ2v) is 2.03. The summed E-state index contributed by atoms with van der Waals surface area (Å²) in [5.41, 5.74) is 1.22. The van der Waals surface area contributed by atoms with Crippen LogP contribution in [0, 0.1) is 0 Å². The summed E-state index contributed by atoms with van der Waals surface area (Å²) in [5, 5.41) is 0. The molecule has 1 nitrogen and oxygen atoms in total. The van der Waals surface area contributed by atoms with Crippen molar-refractivity contribution in [3.63, 3.8) is 0 Å². The van der Waals surface area contributed by atoms with Crippen molar-refractivity contribution in [2.45, 2.75) is 12.7 Å². The zero-order valence-corrected chi connectivity index (χ0v) is 4.96. The fraction of sp³-hybridized carbons (Fsp3) is 0.500. The molecular formula is C6H8BN. The van der Waals surface area contributed by atoms with Gasteiger partial charge in [-0.1, -0.05) is 5.57 Å². The normalized spacial score (nSPS) is 27.6. The highest BCUT2D eigenvalue weighted by atomic mass is 14.7. The molecule has 0 aromatic heterocycles. The Kier molecular flexibility index (Phi) is 1.52. The molecule has 0 N–H and O–H groups in total. The molecule has 1 unspecified atom stereocenters. The maximum atomic E-state index is 5.60. The summed E-state index contributed by atoms with van der Waals surface area (Å²) < 4.78 is 0. The lowest BCUT2D eigenvalue weighted by Gasteiger charge is -2.11. The van der Waals surface area contributed by atoms with E-state index in [2.05, 4.69) is 4.99 Å². The van der Waals surface area contributed by atoms with Gasteiger partial charge in [-0.2, -0.15) is 0 Å². The molecule has 0 fully saturated rings. The predicted octanol–water partition coefficient (Wildman–Crippen LogP) is 0.974. The number of nitrogens with zero attached hydrogens (tertiary/aromatic N) is 1. The maximum Gasteiger partial charge on any atom is 0.0784 e. The highest BCUT2D eigenvalue weighted by Crippen LogP contribution is 2.14. The van der Waals surface area contributed by atoms with Gasteiger partial charge < -0.3 is 0 Å². The average Bonchev–Trinajstić information content (AvgIpc) is 1.77. The van der Waals surface area contributed by atoms with Crippen molar-refractivity contribution in [2.75, 3.05) is 6.54 Å². The van der Waals surface area contributed by atoms with Crippen LogP contribution in [0.25, 0.3) is 0 Å². The van der Waals surface area contributed by atoms with Crippen LogP contribution < -0.4 is 0 Å². The highest BCUT2D eigenvalue weighted by Gasteiger charge is 2.03. The van der Waals surface area contributed by atoms with Crippen molar-refractivity contribution in [3.05, 3.63) is 11.6 Å². The van der Waals surface area contributed by atoms with E-state index in [0.29, 0.717) is 0 Å². The molecule has 0 aromatic carbocycles. The smallest absolute Gasteiger partial charge is 0.0784 e. The third kappa shape index (κ3) is 0.999. The third-order valence-electron chi connectivity index (χ3n) is 1.33. The molecule has 1 aliphatic heterocycles. The van der Waals surface area contributed by atoms with Gasteiger partial charge in [0.2, 0.25) is 0 Å². The van der Waals surface area contributed by atoms with Crippen LogP contribution >= 0.6 is 0 Å². The molecule has 1 atom stereocenters. The zero-order chi connectivity index (χ0) is 5.98. The van der Waals surface area contributed by atoms with Gasteiger partial charge in [0.05, 0.1) is 7.85 Å². The lowest BCUT2D eigenvalue weighted by atomic mass is 9.80. The van der Waals surface area contributed by atoms with E-state index in [4.69, 9.17) is 7.85 Å². The Morgan fingerprint density at radius 3 is 3.00 bits per heavy atom. The summed E-state index contributed by atoms with van der Waals surface area (Å²) in [6, 6.07) is 0. The van der Waals surface area contributed by atoms with Gasteiger partial charge in [0.15, 0.2) is 0 Å². The van der Waals surface area contributed by atoms with Crippen molar-refractivity contribution < 1.29 is 0 Å². The molecule has 8 heavy (non-hydrogen) atoms. The number of dihydropyridines is 1. The standard InChI is InChI=1S/C6H8BN/c1-5-2-3-8-4-6(5)7/h2-3,6H,4H2,1H3. The van der Waals surface area contributed by atoms with E-state index in [1.54, 1.807) is 6.21 Å². The first-order valence-electron chi connectivity index (χ1n) is 2.73. The van der Waals surface area contributed by atoms with E-state index in [0.717, 1.165) is 6.54 Å². The molecule has 0 spiro atoms. The van der Waals surface area contributed by atoms with Gasteiger partial charge in [-0.25, -0.2) is 0 Å². The van der Waals surface area contributed by atoms with Gasteiger partial charge in [0.1, 0.15) is 0 Å². The van der Waals surface area contributed by atoms with Gasteiger partial charge in [-0.3, -0.25) is 4.99 Å². The number of hydrogen-bond acceptors (Lipinski definition) is 1. The van der Waals surface area contributed by atoms with E-state index < -0.39 is 0 Å². The second-order valence-electron chi connectivity index (χ2n) is 2.03. The minimum Gasteiger partial charge on any atom is -0.293 e. The van der Waals surface area contributed by atoms with Crippen molar-refractivity contribution in [3.8, 4) is 0 Å². The van der Waals surface area contributed by atoms with Crippen LogP contribution in [0.4, 0.5) is 0 Å². The van der Waals surface area contributed by atoms with Crippen molar-refractivity contribution in [1.82, 2.24) is 0 Å². The molecule has 0 saturated carbocycles. The molecule has 1 heterocycles. The summed E-state index contributed by atoms with van der Waals surface area (Å²) in [6.07, 6.45) is 3.76. The predicted molar refractivity (Wildman–Crippen MR) is 36.6 cm³/mol. The monoisotopic (exact) mass is 105 g/mol. The molecule has 2 heteroatoms. The van der Waals surface area contributed by atoms with Crippen LogP contribution in [-0.2, 0) is 0 Å². The summed E-state index contributed by atoms with van der Waals surface area (Å²) in [6.45, 7) is 2.78. The topological polar surface area (TPSA) is 12.4 Å². The quantitative estimate of drug-likeness (QED) is 0.407. The fourth-order valence-corrected chi connectivity index (χ4v) is 0.612. The molecule has 0 bridgehead atoms. The first-order valence-corrected chi connectivity index (χ1v) is 2.73. The van der Waals surface area contributed by atoms with Gasteiger partial charge >= 0.3 is 0 Å². The Bertz CT molecular complexity index is 137. The van der Waals surface area contributed by atoms with Crippen LogP contribution in [0.2, 0.25) is 5.82 Å². The Morgan fingerprint density at radius 1 is 1.88 bits per heavy atom. The largest absolute Gasteiger partial charge is 0.293 e. The lowest BCUT2D eigenvalue weighted by molar-refractivity contribution is 0.937. The van der Waals surface area contributed by atoms with Gasteiger partial charge in [-0.15, -0.1) is 0 Å². The SMILES string of the molecule is [B]C1CN=CC=C1C. The highest BCUT2D eigenvalue weighted by molar-refractivity contribution is 6.14. The van der Waals surface area contributed by atoms with Gasteiger partial charge in [0.25, 0.3) is 0 Å². The van der Waals surface area contributed by atoms with Gasteiger partial charge in [0, 0.05) is 12.8 Å². The van der Waals surface area contributed by atoms with E-state index in [9.17, 15) is 0 Å². The van der Waals surface area contributed by atoms with Crippen LogP contribution in [0.3, 0.4) is 0 Å². The average molecular weight is 105 g/mol. The molecule has 0 saturated heterocycles.